The third kappa shape index (κ3) is 4.95. The molecule has 1 aliphatic rings. The largest absolute Gasteiger partial charge is 0.419 e. The first-order valence-corrected chi connectivity index (χ1v) is 11.6. The molecule has 1 atom stereocenters. The lowest BCUT2D eigenvalue weighted by molar-refractivity contribution is 0.0306. The Balaban J connectivity index is 1.48. The summed E-state index contributed by atoms with van der Waals surface area (Å²) in [6.07, 6.45) is 3.35. The molecule has 0 saturated carbocycles. The molecule has 1 aliphatic heterocycles. The molecule has 1 unspecified atom stereocenters. The lowest BCUT2D eigenvalue weighted by atomic mass is 10.0. The van der Waals surface area contributed by atoms with E-state index in [0.717, 1.165) is 40.7 Å². The fourth-order valence-electron chi connectivity index (χ4n) is 3.69. The first-order chi connectivity index (χ1) is 16.1. The molecular weight excluding hydrogens is 470 g/mol. The van der Waals surface area contributed by atoms with Gasteiger partial charge < -0.3 is 9.15 Å². The highest BCUT2D eigenvalue weighted by atomic mass is 35.5. The van der Waals surface area contributed by atoms with Crippen molar-refractivity contribution in [3.05, 3.63) is 47.2 Å². The number of hydrogen-bond acceptors (Lipinski definition) is 8. The first-order valence-electron chi connectivity index (χ1n) is 10.2. The molecule has 172 valence electrons. The summed E-state index contributed by atoms with van der Waals surface area (Å²) in [6, 6.07) is 5.67. The molecule has 0 radical (unpaired) electrons. The molecule has 4 aromatic rings. The maximum atomic E-state index is 11.0. The highest BCUT2D eigenvalue weighted by Gasteiger charge is 2.18. The van der Waals surface area contributed by atoms with Crippen molar-refractivity contribution < 1.29 is 17.9 Å². The van der Waals surface area contributed by atoms with Gasteiger partial charge in [-0.15, -0.1) is 10.2 Å². The number of morpholine rings is 1. The van der Waals surface area contributed by atoms with Gasteiger partial charge in [-0.1, -0.05) is 11.6 Å². The van der Waals surface area contributed by atoms with Crippen LogP contribution in [0.2, 0.25) is 5.15 Å². The smallest absolute Gasteiger partial charge is 0.248 e. The Morgan fingerprint density at radius 1 is 1.18 bits per heavy atom. The molecule has 13 heteroatoms. The van der Waals surface area contributed by atoms with Crippen molar-refractivity contribution in [3.63, 3.8) is 0 Å². The second-order valence-electron chi connectivity index (χ2n) is 7.49. The van der Waals surface area contributed by atoms with Crippen molar-refractivity contribution in [2.45, 2.75) is 13.1 Å². The Morgan fingerprint density at radius 3 is 2.85 bits per heavy atom. The highest BCUT2D eigenvalue weighted by Crippen LogP contribution is 2.33. The van der Waals surface area contributed by atoms with E-state index in [-0.39, 0.29) is 11.7 Å². The molecule has 11 nitrogen and oxygen atoms in total. The normalized spacial score (nSPS) is 15.8. The average Bonchev–Trinajstić information content (AvgIpc) is 3.48. The Morgan fingerprint density at radius 2 is 2.03 bits per heavy atom. The van der Waals surface area contributed by atoms with E-state index in [2.05, 4.69) is 35.0 Å². The number of halogens is 1. The van der Waals surface area contributed by atoms with Crippen LogP contribution < -0.4 is 4.72 Å². The number of H-pyrrole nitrogens is 1. The summed E-state index contributed by atoms with van der Waals surface area (Å²) in [4.78, 5) is 6.43. The summed E-state index contributed by atoms with van der Waals surface area (Å²) < 4.78 is 33.8. The molecule has 3 N–H and O–H groups in total. The SMILES string of the molecule is O=S(O)NCc1cc(-c2cc(-c3nnc(CN4CCOCC4)o3)c3cn[nH]c3c2)cnc1Cl. The van der Waals surface area contributed by atoms with Crippen molar-refractivity contribution in [2.75, 3.05) is 26.3 Å². The molecule has 0 amide bonds. The molecule has 5 rings (SSSR count). The summed E-state index contributed by atoms with van der Waals surface area (Å²) >= 11 is 4.01. The van der Waals surface area contributed by atoms with Gasteiger partial charge in [0.1, 0.15) is 5.15 Å². The summed E-state index contributed by atoms with van der Waals surface area (Å²) in [5.41, 5.74) is 3.72. The molecular formula is C20H20ClN7O4S. The summed E-state index contributed by atoms with van der Waals surface area (Å²) in [7, 11) is 0. The third-order valence-corrected chi connectivity index (χ3v) is 6.08. The molecule has 1 aromatic carbocycles. The van der Waals surface area contributed by atoms with Crippen molar-refractivity contribution in [2.24, 2.45) is 0 Å². The van der Waals surface area contributed by atoms with Crippen LogP contribution in [0.1, 0.15) is 11.5 Å². The topological polar surface area (TPSA) is 142 Å². The number of nitrogens with zero attached hydrogens (tertiary/aromatic N) is 5. The van der Waals surface area contributed by atoms with Crippen LogP contribution in [-0.4, -0.2) is 65.3 Å². The minimum Gasteiger partial charge on any atom is -0.419 e. The first kappa shape index (κ1) is 22.1. The van der Waals surface area contributed by atoms with E-state index in [4.69, 9.17) is 25.3 Å². The van der Waals surface area contributed by atoms with E-state index in [1.54, 1.807) is 12.4 Å². The van der Waals surface area contributed by atoms with Gasteiger partial charge in [0.05, 0.1) is 37.0 Å². The lowest BCUT2D eigenvalue weighted by Crippen LogP contribution is -2.35. The fraction of sp³-hybridized carbons (Fsp3) is 0.300. The molecule has 1 fully saturated rings. The minimum absolute atomic E-state index is 0.0938. The van der Waals surface area contributed by atoms with E-state index in [0.29, 0.717) is 37.1 Å². The van der Waals surface area contributed by atoms with Crippen LogP contribution in [0.5, 0.6) is 0 Å². The maximum absolute atomic E-state index is 11.0. The number of aromatic amines is 1. The van der Waals surface area contributed by atoms with E-state index in [1.165, 1.54) is 0 Å². The molecule has 3 aromatic heterocycles. The summed E-state index contributed by atoms with van der Waals surface area (Å²) in [5, 5.41) is 16.7. The van der Waals surface area contributed by atoms with Crippen LogP contribution in [-0.2, 0) is 29.1 Å². The monoisotopic (exact) mass is 489 g/mol. The summed E-state index contributed by atoms with van der Waals surface area (Å²) in [6.45, 7) is 3.69. The van der Waals surface area contributed by atoms with Gasteiger partial charge in [-0.05, 0) is 23.8 Å². The fourth-order valence-corrected chi connectivity index (χ4v) is 4.14. The van der Waals surface area contributed by atoms with Gasteiger partial charge in [-0.25, -0.2) is 13.9 Å². The summed E-state index contributed by atoms with van der Waals surface area (Å²) in [5.74, 6) is 0.929. The quantitative estimate of drug-likeness (QED) is 0.263. The Labute approximate surface area is 195 Å². The molecule has 4 heterocycles. The van der Waals surface area contributed by atoms with E-state index in [1.807, 2.05) is 18.2 Å². The second kappa shape index (κ2) is 9.63. The lowest BCUT2D eigenvalue weighted by Gasteiger charge is -2.24. The molecule has 33 heavy (non-hydrogen) atoms. The Bertz CT molecular complexity index is 1300. The standard InChI is InChI=1S/C20H20ClN7O4S/c21-19-14(9-24-33(29)30)5-13(8-22-19)12-6-15(16-10-23-25-17(16)7-12)20-27-26-18(32-20)11-28-1-3-31-4-2-28/h5-8,10,24H,1-4,9,11H2,(H,23,25)(H,29,30). The van der Waals surface area contributed by atoms with Crippen LogP contribution in [0.15, 0.2) is 35.0 Å². The number of benzene rings is 1. The van der Waals surface area contributed by atoms with Crippen LogP contribution in [0.25, 0.3) is 33.5 Å². The van der Waals surface area contributed by atoms with Gasteiger partial charge in [0.2, 0.25) is 23.0 Å². The zero-order valence-corrected chi connectivity index (χ0v) is 18.9. The zero-order chi connectivity index (χ0) is 22.8. The third-order valence-electron chi connectivity index (χ3n) is 5.35. The highest BCUT2D eigenvalue weighted by molar-refractivity contribution is 7.77. The molecule has 1 saturated heterocycles. The Hall–Kier alpha value is -2.74. The van der Waals surface area contributed by atoms with Crippen LogP contribution in [0, 0.1) is 0 Å². The maximum Gasteiger partial charge on any atom is 0.248 e. The average molecular weight is 490 g/mol. The van der Waals surface area contributed by atoms with Gasteiger partial charge in [0.25, 0.3) is 0 Å². The zero-order valence-electron chi connectivity index (χ0n) is 17.3. The number of fused-ring (bicyclic) bond motifs is 1. The van der Waals surface area contributed by atoms with Crippen molar-refractivity contribution in [1.29, 1.82) is 0 Å². The van der Waals surface area contributed by atoms with Gasteiger partial charge in [-0.2, -0.15) is 5.10 Å². The van der Waals surface area contributed by atoms with E-state index < -0.39 is 11.3 Å². The predicted molar refractivity (Wildman–Crippen MR) is 121 cm³/mol. The number of rotatable bonds is 7. The van der Waals surface area contributed by atoms with Crippen LogP contribution in [0.3, 0.4) is 0 Å². The number of nitrogens with one attached hydrogen (secondary N) is 2. The van der Waals surface area contributed by atoms with Crippen molar-refractivity contribution in [1.82, 2.24) is 35.0 Å². The Kier molecular flexibility index (Phi) is 6.44. The van der Waals surface area contributed by atoms with Gasteiger partial charge >= 0.3 is 0 Å². The van der Waals surface area contributed by atoms with Crippen molar-refractivity contribution in [3.8, 4) is 22.6 Å². The van der Waals surface area contributed by atoms with Gasteiger partial charge in [-0.3, -0.25) is 14.6 Å². The number of hydrogen-bond donors (Lipinski definition) is 3. The molecule has 0 spiro atoms. The van der Waals surface area contributed by atoms with Crippen molar-refractivity contribution >= 4 is 33.8 Å². The number of pyridine rings is 1. The second-order valence-corrected chi connectivity index (χ2v) is 8.63. The van der Waals surface area contributed by atoms with Gasteiger partial charge in [0.15, 0.2) is 0 Å². The van der Waals surface area contributed by atoms with Crippen LogP contribution >= 0.6 is 11.6 Å². The molecule has 0 bridgehead atoms. The van der Waals surface area contributed by atoms with Crippen LogP contribution in [0.4, 0.5) is 0 Å². The molecule has 0 aliphatic carbocycles. The van der Waals surface area contributed by atoms with E-state index >= 15 is 0 Å². The van der Waals surface area contributed by atoms with E-state index in [9.17, 15) is 4.21 Å². The predicted octanol–water partition coefficient (Wildman–Crippen LogP) is 2.39. The van der Waals surface area contributed by atoms with Gasteiger partial charge in [0, 0.05) is 42.3 Å². The number of aromatic nitrogens is 5. The number of ether oxygens (including phenoxy) is 1. The minimum atomic E-state index is -2.16.